The van der Waals surface area contributed by atoms with Gasteiger partial charge in [-0.3, -0.25) is 9.59 Å². The van der Waals surface area contributed by atoms with E-state index in [0.717, 1.165) is 30.4 Å². The van der Waals surface area contributed by atoms with E-state index in [1.54, 1.807) is 4.90 Å². The van der Waals surface area contributed by atoms with Crippen LogP contribution in [0.15, 0.2) is 54.6 Å². The molecule has 0 bridgehead atoms. The van der Waals surface area contributed by atoms with Crippen LogP contribution in [0.5, 0.6) is 0 Å². The summed E-state index contributed by atoms with van der Waals surface area (Å²) in [6, 6.07) is 17.6. The van der Waals surface area contributed by atoms with Gasteiger partial charge in [-0.2, -0.15) is 0 Å². The molecule has 4 heteroatoms. The third-order valence-corrected chi connectivity index (χ3v) is 4.90. The topological polar surface area (TPSA) is 49.4 Å². The SMILES string of the molecule is Cc1ccc(CNC(=O)C2CCCCC(=O)N2Cc2ccccc2)cc1. The highest BCUT2D eigenvalue weighted by Crippen LogP contribution is 2.21. The maximum Gasteiger partial charge on any atom is 0.243 e. The zero-order chi connectivity index (χ0) is 18.4. The number of carbonyl (C=O) groups is 2. The van der Waals surface area contributed by atoms with Gasteiger partial charge in [0.25, 0.3) is 0 Å². The van der Waals surface area contributed by atoms with Crippen molar-refractivity contribution in [2.45, 2.75) is 51.7 Å². The van der Waals surface area contributed by atoms with Crippen LogP contribution in [0.25, 0.3) is 0 Å². The van der Waals surface area contributed by atoms with Crippen LogP contribution in [0.2, 0.25) is 0 Å². The van der Waals surface area contributed by atoms with Crippen LogP contribution < -0.4 is 5.32 Å². The van der Waals surface area contributed by atoms with E-state index in [0.29, 0.717) is 19.5 Å². The van der Waals surface area contributed by atoms with Gasteiger partial charge in [0.15, 0.2) is 0 Å². The number of nitrogens with one attached hydrogen (secondary N) is 1. The highest BCUT2D eigenvalue weighted by molar-refractivity contribution is 5.88. The summed E-state index contributed by atoms with van der Waals surface area (Å²) in [5, 5.41) is 3.02. The third-order valence-electron chi connectivity index (χ3n) is 4.90. The lowest BCUT2D eigenvalue weighted by atomic mass is 10.1. The first-order valence-corrected chi connectivity index (χ1v) is 9.30. The average molecular weight is 350 g/mol. The van der Waals surface area contributed by atoms with Crippen molar-refractivity contribution >= 4 is 11.8 Å². The molecule has 136 valence electrons. The molecule has 1 N–H and O–H groups in total. The van der Waals surface area contributed by atoms with Crippen molar-refractivity contribution in [1.82, 2.24) is 10.2 Å². The quantitative estimate of drug-likeness (QED) is 0.896. The molecule has 2 aromatic rings. The summed E-state index contributed by atoms with van der Waals surface area (Å²) < 4.78 is 0. The van der Waals surface area contributed by atoms with Crippen molar-refractivity contribution < 1.29 is 9.59 Å². The summed E-state index contributed by atoms with van der Waals surface area (Å²) in [6.45, 7) is 3.02. The van der Waals surface area contributed by atoms with Crippen molar-refractivity contribution in [1.29, 1.82) is 0 Å². The summed E-state index contributed by atoms with van der Waals surface area (Å²) in [6.07, 6.45) is 3.00. The minimum Gasteiger partial charge on any atom is -0.350 e. The number of rotatable bonds is 5. The molecule has 1 fully saturated rings. The van der Waals surface area contributed by atoms with Gasteiger partial charge in [-0.15, -0.1) is 0 Å². The molecular weight excluding hydrogens is 324 g/mol. The van der Waals surface area contributed by atoms with Crippen LogP contribution in [0.3, 0.4) is 0 Å². The first-order valence-electron chi connectivity index (χ1n) is 9.30. The second kappa shape index (κ2) is 8.65. The number of amides is 2. The summed E-state index contributed by atoms with van der Waals surface area (Å²) in [7, 11) is 0. The van der Waals surface area contributed by atoms with Crippen molar-refractivity contribution in [2.75, 3.05) is 0 Å². The zero-order valence-electron chi connectivity index (χ0n) is 15.3. The molecular formula is C22H26N2O2. The Labute approximate surface area is 155 Å². The van der Waals surface area contributed by atoms with Gasteiger partial charge in [0.1, 0.15) is 6.04 Å². The van der Waals surface area contributed by atoms with E-state index in [1.807, 2.05) is 61.5 Å². The molecule has 1 heterocycles. The number of hydrogen-bond acceptors (Lipinski definition) is 2. The molecule has 0 aliphatic carbocycles. The third kappa shape index (κ3) is 4.72. The van der Waals surface area contributed by atoms with Crippen molar-refractivity contribution in [3.05, 3.63) is 71.3 Å². The fourth-order valence-electron chi connectivity index (χ4n) is 3.35. The first-order chi connectivity index (χ1) is 12.6. The smallest absolute Gasteiger partial charge is 0.243 e. The number of hydrogen-bond donors (Lipinski definition) is 1. The normalized spacial score (nSPS) is 17.7. The van der Waals surface area contributed by atoms with Gasteiger partial charge in [-0.05, 0) is 30.9 Å². The summed E-state index contributed by atoms with van der Waals surface area (Å²) in [5.41, 5.74) is 3.32. The molecule has 1 aliphatic heterocycles. The van der Waals surface area contributed by atoms with Gasteiger partial charge >= 0.3 is 0 Å². The van der Waals surface area contributed by atoms with Crippen LogP contribution in [0.4, 0.5) is 0 Å². The van der Waals surface area contributed by atoms with Crippen molar-refractivity contribution in [3.63, 3.8) is 0 Å². The maximum atomic E-state index is 12.8. The van der Waals surface area contributed by atoms with Crippen LogP contribution in [0.1, 0.15) is 42.4 Å². The van der Waals surface area contributed by atoms with E-state index in [2.05, 4.69) is 5.32 Å². The molecule has 4 nitrogen and oxygen atoms in total. The molecule has 0 aromatic heterocycles. The Morgan fingerprint density at radius 1 is 1.04 bits per heavy atom. The summed E-state index contributed by atoms with van der Waals surface area (Å²) >= 11 is 0. The monoisotopic (exact) mass is 350 g/mol. The largest absolute Gasteiger partial charge is 0.350 e. The molecule has 1 unspecified atom stereocenters. The second-order valence-corrected chi connectivity index (χ2v) is 6.97. The number of aryl methyl sites for hydroxylation is 1. The molecule has 0 spiro atoms. The molecule has 26 heavy (non-hydrogen) atoms. The fraction of sp³-hybridized carbons (Fsp3) is 0.364. The molecule has 1 saturated heterocycles. The molecule has 0 saturated carbocycles. The molecule has 2 aromatic carbocycles. The van der Waals surface area contributed by atoms with Gasteiger partial charge < -0.3 is 10.2 Å². The van der Waals surface area contributed by atoms with Gasteiger partial charge in [-0.1, -0.05) is 66.6 Å². The zero-order valence-corrected chi connectivity index (χ0v) is 15.3. The van der Waals surface area contributed by atoms with E-state index < -0.39 is 6.04 Å². The predicted octanol–water partition coefficient (Wildman–Crippen LogP) is 3.58. The fourth-order valence-corrected chi connectivity index (χ4v) is 3.35. The standard InChI is InChI=1S/C22H26N2O2/c1-17-11-13-18(14-12-17)15-23-22(26)20-9-5-6-10-21(25)24(20)16-19-7-3-2-4-8-19/h2-4,7-8,11-14,20H,5-6,9-10,15-16H2,1H3,(H,23,26). The van der Waals surface area contributed by atoms with E-state index >= 15 is 0 Å². The number of carbonyl (C=O) groups excluding carboxylic acids is 2. The van der Waals surface area contributed by atoms with Gasteiger partial charge in [-0.25, -0.2) is 0 Å². The van der Waals surface area contributed by atoms with Gasteiger partial charge in [0, 0.05) is 19.5 Å². The number of benzene rings is 2. The van der Waals surface area contributed by atoms with Crippen LogP contribution in [0, 0.1) is 6.92 Å². The Kier molecular flexibility index (Phi) is 6.05. The van der Waals surface area contributed by atoms with Crippen molar-refractivity contribution in [2.24, 2.45) is 0 Å². The molecule has 1 atom stereocenters. The second-order valence-electron chi connectivity index (χ2n) is 6.97. The Morgan fingerprint density at radius 2 is 1.77 bits per heavy atom. The Morgan fingerprint density at radius 3 is 2.50 bits per heavy atom. The lowest BCUT2D eigenvalue weighted by Crippen LogP contribution is -2.48. The Balaban J connectivity index is 1.69. The summed E-state index contributed by atoms with van der Waals surface area (Å²) in [5.74, 6) is 0.0126. The lowest BCUT2D eigenvalue weighted by molar-refractivity contribution is -0.140. The Bertz CT molecular complexity index is 740. The molecule has 1 aliphatic rings. The highest BCUT2D eigenvalue weighted by Gasteiger charge is 2.31. The minimum atomic E-state index is -0.393. The van der Waals surface area contributed by atoms with Crippen LogP contribution in [-0.4, -0.2) is 22.8 Å². The number of likely N-dealkylation sites (tertiary alicyclic amines) is 1. The van der Waals surface area contributed by atoms with E-state index in [9.17, 15) is 9.59 Å². The minimum absolute atomic E-state index is 0.0586. The lowest BCUT2D eigenvalue weighted by Gasteiger charge is -2.29. The maximum absolute atomic E-state index is 12.8. The predicted molar refractivity (Wildman–Crippen MR) is 102 cm³/mol. The molecule has 2 amide bonds. The molecule has 0 radical (unpaired) electrons. The number of nitrogens with zero attached hydrogens (tertiary/aromatic N) is 1. The highest BCUT2D eigenvalue weighted by atomic mass is 16.2. The van der Waals surface area contributed by atoms with E-state index in [1.165, 1.54) is 5.56 Å². The van der Waals surface area contributed by atoms with E-state index in [4.69, 9.17) is 0 Å². The van der Waals surface area contributed by atoms with Gasteiger partial charge in [0.05, 0.1) is 0 Å². The van der Waals surface area contributed by atoms with Crippen LogP contribution in [-0.2, 0) is 22.7 Å². The first kappa shape index (κ1) is 18.2. The summed E-state index contributed by atoms with van der Waals surface area (Å²) in [4.78, 5) is 27.2. The van der Waals surface area contributed by atoms with Crippen molar-refractivity contribution in [3.8, 4) is 0 Å². The van der Waals surface area contributed by atoms with Gasteiger partial charge in [0.2, 0.25) is 11.8 Å². The van der Waals surface area contributed by atoms with Crippen LogP contribution >= 0.6 is 0 Å². The molecule has 3 rings (SSSR count). The average Bonchev–Trinajstić information content (AvgIpc) is 2.84. The van der Waals surface area contributed by atoms with E-state index in [-0.39, 0.29) is 11.8 Å². The Hall–Kier alpha value is -2.62.